The fourth-order valence-corrected chi connectivity index (χ4v) is 1.39. The summed E-state index contributed by atoms with van der Waals surface area (Å²) < 4.78 is 5.24. The lowest BCUT2D eigenvalue weighted by molar-refractivity contribution is 0.0910. The van der Waals surface area contributed by atoms with Gasteiger partial charge in [0.15, 0.2) is 5.89 Å². The Labute approximate surface area is 104 Å². The molecule has 0 bridgehead atoms. The molecule has 0 aliphatic rings. The quantitative estimate of drug-likeness (QED) is 0.866. The highest BCUT2D eigenvalue weighted by Crippen LogP contribution is 2.17. The van der Waals surface area contributed by atoms with Crippen LogP contribution in [0.1, 0.15) is 36.0 Å². The number of nitrogens with zero attached hydrogens (tertiary/aromatic N) is 1. The summed E-state index contributed by atoms with van der Waals surface area (Å²) in [4.78, 5) is 15.8. The van der Waals surface area contributed by atoms with Crippen molar-refractivity contribution in [3.05, 3.63) is 17.3 Å². The van der Waals surface area contributed by atoms with Crippen LogP contribution in [-0.2, 0) is 0 Å². The summed E-state index contributed by atoms with van der Waals surface area (Å²) in [5.41, 5.74) is 0.658. The largest absolute Gasteiger partial charge is 0.436 e. The predicted molar refractivity (Wildman–Crippen MR) is 65.9 cm³/mol. The molecule has 0 aliphatic carbocycles. The molecule has 1 N–H and O–H groups in total. The van der Waals surface area contributed by atoms with E-state index in [1.807, 2.05) is 0 Å². The van der Waals surface area contributed by atoms with Crippen LogP contribution in [0.5, 0.6) is 0 Å². The molecule has 1 rings (SSSR count). The average molecular weight is 289 g/mol. The molecule has 0 aromatic carbocycles. The normalized spacial score (nSPS) is 11.6. The molecule has 0 spiro atoms. The molecular weight excluding hydrogens is 272 g/mol. The van der Waals surface area contributed by atoms with Crippen LogP contribution in [0.3, 0.4) is 0 Å². The number of amides is 1. The van der Waals surface area contributed by atoms with Gasteiger partial charge in [-0.15, -0.1) is 0 Å². The summed E-state index contributed by atoms with van der Waals surface area (Å²) >= 11 is 3.41. The third-order valence-electron chi connectivity index (χ3n) is 2.20. The zero-order valence-corrected chi connectivity index (χ0v) is 11.6. The Hall–Kier alpha value is -0.840. The summed E-state index contributed by atoms with van der Waals surface area (Å²) in [6, 6.07) is 0. The van der Waals surface area contributed by atoms with Gasteiger partial charge in [0.05, 0.1) is 5.69 Å². The maximum Gasteiger partial charge on any atom is 0.289 e. The fourth-order valence-electron chi connectivity index (χ4n) is 1.19. The number of halogens is 1. The maximum absolute atomic E-state index is 11.8. The second kappa shape index (κ2) is 4.99. The molecule has 4 nitrogen and oxygen atoms in total. The first-order valence-corrected chi connectivity index (χ1v) is 6.26. The molecule has 0 saturated heterocycles. The second-order valence-corrected chi connectivity index (χ2v) is 5.19. The molecule has 16 heavy (non-hydrogen) atoms. The Morgan fingerprint density at radius 3 is 2.56 bits per heavy atom. The van der Waals surface area contributed by atoms with Crippen molar-refractivity contribution >= 4 is 21.8 Å². The number of carbonyl (C=O) groups is 1. The summed E-state index contributed by atoms with van der Waals surface area (Å²) in [6.07, 6.45) is 0. The van der Waals surface area contributed by atoms with E-state index in [4.69, 9.17) is 4.42 Å². The van der Waals surface area contributed by atoms with E-state index in [1.54, 1.807) is 13.8 Å². The number of alkyl halides is 1. The number of hydrogen-bond donors (Lipinski definition) is 1. The zero-order valence-electron chi connectivity index (χ0n) is 10.1. The molecule has 1 amide bonds. The lowest BCUT2D eigenvalue weighted by Crippen LogP contribution is -2.35. The molecule has 0 unspecified atom stereocenters. The van der Waals surface area contributed by atoms with E-state index in [9.17, 15) is 4.79 Å². The number of oxazole rings is 1. The van der Waals surface area contributed by atoms with Gasteiger partial charge < -0.3 is 9.73 Å². The Morgan fingerprint density at radius 2 is 2.12 bits per heavy atom. The van der Waals surface area contributed by atoms with Crippen LogP contribution < -0.4 is 5.32 Å². The third-order valence-corrected chi connectivity index (χ3v) is 3.72. The number of hydrogen-bond acceptors (Lipinski definition) is 3. The molecule has 0 radical (unpaired) electrons. The molecule has 0 saturated carbocycles. The van der Waals surface area contributed by atoms with Crippen LogP contribution in [0.15, 0.2) is 4.42 Å². The lowest BCUT2D eigenvalue weighted by atomic mass is 9.97. The van der Waals surface area contributed by atoms with Crippen LogP contribution in [0.2, 0.25) is 0 Å². The molecule has 1 aromatic rings. The molecule has 5 heteroatoms. The van der Waals surface area contributed by atoms with Crippen molar-refractivity contribution in [3.63, 3.8) is 0 Å². The second-order valence-electron chi connectivity index (χ2n) is 4.63. The van der Waals surface area contributed by atoms with Gasteiger partial charge in [-0.05, 0) is 12.3 Å². The highest BCUT2D eigenvalue weighted by atomic mass is 79.9. The van der Waals surface area contributed by atoms with Crippen molar-refractivity contribution in [2.45, 2.75) is 27.7 Å². The first-order chi connectivity index (χ1) is 7.35. The minimum atomic E-state index is -0.202. The van der Waals surface area contributed by atoms with Crippen LogP contribution >= 0.6 is 15.9 Å². The van der Waals surface area contributed by atoms with Crippen LogP contribution in [0, 0.1) is 19.3 Å². The van der Waals surface area contributed by atoms with Gasteiger partial charge in [0.1, 0.15) is 0 Å². The average Bonchev–Trinajstić information content (AvgIpc) is 2.54. The standard InChI is InChI=1S/C11H17BrN2O2/c1-7-9(16-8(2)14-7)10(15)13-6-11(3,4)5-12/h5-6H2,1-4H3,(H,13,15). The number of aromatic nitrogens is 1. The summed E-state index contributed by atoms with van der Waals surface area (Å²) in [5.74, 6) is 0.623. The Morgan fingerprint density at radius 1 is 1.50 bits per heavy atom. The first-order valence-electron chi connectivity index (χ1n) is 5.14. The Bertz CT molecular complexity index is 385. The molecule has 90 valence electrons. The molecular formula is C11H17BrN2O2. The van der Waals surface area contributed by atoms with E-state index in [0.29, 0.717) is 23.9 Å². The van der Waals surface area contributed by atoms with Gasteiger partial charge in [0, 0.05) is 18.8 Å². The molecule has 1 aromatic heterocycles. The van der Waals surface area contributed by atoms with Gasteiger partial charge in [0.25, 0.3) is 5.91 Å². The topological polar surface area (TPSA) is 55.1 Å². The van der Waals surface area contributed by atoms with Gasteiger partial charge in [-0.3, -0.25) is 4.79 Å². The van der Waals surface area contributed by atoms with Crippen LogP contribution in [-0.4, -0.2) is 22.8 Å². The molecule has 0 aliphatic heterocycles. The molecule has 0 fully saturated rings. The number of rotatable bonds is 4. The summed E-state index contributed by atoms with van der Waals surface area (Å²) in [7, 11) is 0. The number of aryl methyl sites for hydroxylation is 2. The van der Waals surface area contributed by atoms with E-state index >= 15 is 0 Å². The minimum absolute atomic E-state index is 0.0264. The van der Waals surface area contributed by atoms with E-state index in [-0.39, 0.29) is 11.3 Å². The molecule has 0 atom stereocenters. The third kappa shape index (κ3) is 3.33. The zero-order chi connectivity index (χ0) is 12.3. The Kier molecular flexibility index (Phi) is 4.13. The van der Waals surface area contributed by atoms with E-state index in [2.05, 4.69) is 40.1 Å². The predicted octanol–water partition coefficient (Wildman–Crippen LogP) is 2.44. The monoisotopic (exact) mass is 288 g/mol. The van der Waals surface area contributed by atoms with Gasteiger partial charge >= 0.3 is 0 Å². The smallest absolute Gasteiger partial charge is 0.289 e. The number of carbonyl (C=O) groups excluding carboxylic acids is 1. The highest BCUT2D eigenvalue weighted by molar-refractivity contribution is 9.09. The van der Waals surface area contributed by atoms with Crippen molar-refractivity contribution in [2.24, 2.45) is 5.41 Å². The van der Waals surface area contributed by atoms with Crippen molar-refractivity contribution in [3.8, 4) is 0 Å². The van der Waals surface area contributed by atoms with Crippen molar-refractivity contribution in [2.75, 3.05) is 11.9 Å². The van der Waals surface area contributed by atoms with Crippen LogP contribution in [0.25, 0.3) is 0 Å². The highest BCUT2D eigenvalue weighted by Gasteiger charge is 2.20. The summed E-state index contributed by atoms with van der Waals surface area (Å²) in [5, 5.41) is 3.67. The maximum atomic E-state index is 11.8. The van der Waals surface area contributed by atoms with E-state index in [0.717, 1.165) is 5.33 Å². The van der Waals surface area contributed by atoms with Gasteiger partial charge in [-0.1, -0.05) is 29.8 Å². The van der Waals surface area contributed by atoms with E-state index < -0.39 is 0 Å². The van der Waals surface area contributed by atoms with Gasteiger partial charge in [-0.25, -0.2) is 4.98 Å². The lowest BCUT2D eigenvalue weighted by Gasteiger charge is -2.21. The first kappa shape index (κ1) is 13.2. The van der Waals surface area contributed by atoms with Crippen molar-refractivity contribution in [1.82, 2.24) is 10.3 Å². The Balaban J connectivity index is 2.63. The fraction of sp³-hybridized carbons (Fsp3) is 0.636. The summed E-state index contributed by atoms with van der Waals surface area (Å²) in [6.45, 7) is 8.23. The van der Waals surface area contributed by atoms with E-state index in [1.165, 1.54) is 0 Å². The SMILES string of the molecule is Cc1nc(C)c(C(=O)NCC(C)(C)CBr)o1. The van der Waals surface area contributed by atoms with Gasteiger partial charge in [-0.2, -0.15) is 0 Å². The van der Waals surface area contributed by atoms with Gasteiger partial charge in [0.2, 0.25) is 5.76 Å². The van der Waals surface area contributed by atoms with Crippen LogP contribution in [0.4, 0.5) is 0 Å². The van der Waals surface area contributed by atoms with Crippen molar-refractivity contribution < 1.29 is 9.21 Å². The number of nitrogens with one attached hydrogen (secondary N) is 1. The van der Waals surface area contributed by atoms with Crippen molar-refractivity contribution in [1.29, 1.82) is 0 Å². The molecule has 1 heterocycles. The minimum Gasteiger partial charge on any atom is -0.436 e.